The zero-order valence-electron chi connectivity index (χ0n) is 1.89. The van der Waals surface area contributed by atoms with Crippen molar-refractivity contribution in [3.05, 3.63) is 0 Å². The predicted octanol–water partition coefficient (Wildman–Crippen LogP) is -0.306. The van der Waals surface area contributed by atoms with Crippen LogP contribution in [0.3, 0.4) is 0 Å². The summed E-state index contributed by atoms with van der Waals surface area (Å²) in [6, 6.07) is 0. The van der Waals surface area contributed by atoms with Crippen LogP contribution in [0.15, 0.2) is 0 Å². The molecular weight excluding hydrogens is 542 g/mol. The molecule has 0 radical (unpaired) electrons. The molecular formula is Bk2O3. The van der Waals surface area contributed by atoms with Crippen LogP contribution in [-0.2, 0) is 16.4 Å². The van der Waals surface area contributed by atoms with Crippen LogP contribution in [0.2, 0.25) is 0 Å². The van der Waals surface area contributed by atoms with Crippen molar-refractivity contribution >= 4 is 0 Å². The van der Waals surface area contributed by atoms with Crippen molar-refractivity contribution in [3.63, 3.8) is 0 Å². The molecule has 0 fully saturated rings. The summed E-state index contributed by atoms with van der Waals surface area (Å²) in [6.07, 6.45) is 0. The van der Waals surface area contributed by atoms with Crippen LogP contribution < -0.4 is 0 Å². The van der Waals surface area contributed by atoms with E-state index in [2.05, 4.69) is 5.48 Å². The molecule has 0 aromatic carbocycles. The van der Waals surface area contributed by atoms with Crippen molar-refractivity contribution in [3.8, 4) is 0 Å². The Labute approximate surface area is 17.8 Å². The van der Waals surface area contributed by atoms with Gasteiger partial charge < -0.3 is 0 Å². The summed E-state index contributed by atoms with van der Waals surface area (Å²) in [5.74, 6) is 0. The molecule has 5 heteroatoms. The summed E-state index contributed by atoms with van der Waals surface area (Å²) in [5.41, 5.74) is 22.6. The Bertz CT molecular complexity index is 34.2. The molecule has 0 bridgehead atoms. The number of rotatable bonds is 2. The van der Waals surface area contributed by atoms with Crippen LogP contribution in [0.4, 0.5) is 0 Å². The van der Waals surface area contributed by atoms with Crippen molar-refractivity contribution in [2.75, 3.05) is 0 Å². The molecule has 0 saturated carbocycles. The van der Waals surface area contributed by atoms with Crippen LogP contribution in [0.1, 0.15) is 0 Å². The van der Waals surface area contributed by atoms with E-state index in [0.717, 1.165) is 0 Å². The molecule has 5 heavy (non-hydrogen) atoms. The first kappa shape index (κ1) is 2.56. The van der Waals surface area contributed by atoms with Gasteiger partial charge in [0.05, 0.1) is 0 Å². The second-order valence-corrected chi connectivity index (χ2v) is 4.98. The quantitative estimate of drug-likeness (QED) is 0.482. The maximum atomic E-state index is 9.31. The van der Waals surface area contributed by atoms with Crippen molar-refractivity contribution in [1.29, 1.82) is 0 Å². The zero-order chi connectivity index (χ0) is 4.12. The molecule has 0 amide bonds. The first-order valence-electron chi connectivity index (χ1n) is 0.544. The van der Waals surface area contributed by atoms with Crippen LogP contribution in [0.25, 0.3) is 0 Å². The molecule has 0 atom stereocenters. The van der Waals surface area contributed by atoms with Gasteiger partial charge in [0.2, 0.25) is 0 Å². The summed E-state index contributed by atoms with van der Waals surface area (Å²) in [6.45, 7) is 0. The van der Waals surface area contributed by atoms with Gasteiger partial charge in [0.25, 0.3) is 0 Å². The Hall–Kier alpha value is -2.44. The summed E-state index contributed by atoms with van der Waals surface area (Å²) in [4.78, 5) is 0. The Morgan fingerprint density at radius 1 is 1.20 bits per heavy atom. The first-order valence-corrected chi connectivity index (χ1v) is 5.08. The van der Waals surface area contributed by atoms with Crippen LogP contribution in [-0.4, -0.2) is 0 Å². The van der Waals surface area contributed by atoms with E-state index in [1.165, 1.54) is 0 Å². The fourth-order valence-corrected chi connectivity index (χ4v) is 0.658. The van der Waals surface area contributed by atoms with E-state index >= 15 is 0 Å². The standard InChI is InChI=1S/2Bk.3O. The molecule has 36 valence electrons. The van der Waals surface area contributed by atoms with Gasteiger partial charge in [-0.2, -0.15) is 0 Å². The molecule has 0 N–H and O–H groups in total. The molecule has 0 aliphatic rings. The maximum absolute atomic E-state index is 9.31. The average molecular weight is 542 g/mol. The Morgan fingerprint density at radius 2 is 1.60 bits per heavy atom. The minimum absolute atomic E-state index is 1.71. The molecule has 0 unspecified atom stereocenters. The van der Waals surface area contributed by atoms with E-state index < -0.39 is 0 Å². The third kappa shape index (κ3) is 1.56. The molecule has 3 nitrogen and oxygen atoms in total. The van der Waals surface area contributed by atoms with E-state index in [1.807, 2.05) is 0 Å². The van der Waals surface area contributed by atoms with Crippen LogP contribution in [0.5, 0.6) is 0 Å². The second kappa shape index (κ2) is 1.56. The minimum atomic E-state index is -1.71. The monoisotopic (exact) mass is 542 g/mol. The summed E-state index contributed by atoms with van der Waals surface area (Å²) in [7, 11) is 0. The fourth-order valence-electron chi connectivity index (χ4n) is 0.00756. The summed E-state index contributed by atoms with van der Waals surface area (Å²) < 4.78 is -3.41. The van der Waals surface area contributed by atoms with Gasteiger partial charge in [-0.25, -0.2) is 0 Å². The molecule has 0 spiro atoms. The number of hydrogen-bond donors (Lipinski definition) is 0. The molecule has 0 heterocycles. The van der Waals surface area contributed by atoms with Gasteiger partial charge in [-0.3, -0.25) is 0 Å². The van der Waals surface area contributed by atoms with Crippen LogP contribution >= 0.6 is 0 Å². The summed E-state index contributed by atoms with van der Waals surface area (Å²) >= 11 is 0. The van der Waals surface area contributed by atoms with Gasteiger partial charge >= 0.3 is 16.4 Å². The van der Waals surface area contributed by atoms with Crippen molar-refractivity contribution < 1.29 is 16.4 Å². The third-order valence-corrected chi connectivity index (χ3v) is 3.22. The van der Waals surface area contributed by atoms with Gasteiger partial charge in [-0.05, 0) is 0 Å². The molecule has 0 aliphatic heterocycles. The Morgan fingerprint density at radius 3 is 1.60 bits per heavy atom. The van der Waals surface area contributed by atoms with E-state index in [0.29, 0.717) is 0 Å². The van der Waals surface area contributed by atoms with Crippen molar-refractivity contribution in [2.24, 2.45) is 0 Å². The van der Waals surface area contributed by atoms with Gasteiger partial charge in [0.15, 0.2) is 0 Å². The van der Waals surface area contributed by atoms with Crippen LogP contribution in [0, 0.1) is 0 Å². The first-order chi connectivity index (χ1) is 2.41. The van der Waals surface area contributed by atoms with E-state index in [-0.39, 0.29) is 0 Å². The van der Waals surface area contributed by atoms with Gasteiger partial charge in [-0.1, -0.05) is 0 Å². The summed E-state index contributed by atoms with van der Waals surface area (Å²) in [5, 5.41) is 0. The van der Waals surface area contributed by atoms with Crippen molar-refractivity contribution in [1.82, 2.24) is 0 Å². The van der Waals surface area contributed by atoms with Crippen molar-refractivity contribution in [2.45, 2.75) is 0 Å². The zero-order valence-corrected chi connectivity index (χ0v) is 7.44. The normalized spacial score (nSPS) is 4.80. The Kier molecular flexibility index (Phi) is 0.799. The molecule has 0 saturated heterocycles. The average Bonchev–Trinajstić information content (AvgIpc) is 1.41. The molecule has 0 aromatic heterocycles. The Balaban J connectivity index is 2.65. The topological polar surface area (TPSA) is 43.4 Å². The molecule has 0 rings (SSSR count). The number of hydrogen-bond acceptors (Lipinski definition) is 3. The second-order valence-electron chi connectivity index (χ2n) is 0.156. The van der Waals surface area contributed by atoms with E-state index in [9.17, 15) is 11.0 Å². The van der Waals surface area contributed by atoms with Gasteiger partial charge in [0.1, 0.15) is 0 Å². The van der Waals surface area contributed by atoms with Gasteiger partial charge in [-0.15, -0.1) is 0 Å². The predicted molar refractivity (Wildman–Crippen MR) is 2.46 cm³/mol. The third-order valence-electron chi connectivity index (χ3n) is 0.0370. The fraction of sp³-hybridized carbons (Fsp3) is 0. The van der Waals surface area contributed by atoms with E-state index in [1.54, 1.807) is 0 Å². The van der Waals surface area contributed by atoms with Gasteiger partial charge in [0, 0.05) is 0 Å². The molecule has 0 aromatic rings. The van der Waals surface area contributed by atoms with E-state index in [4.69, 9.17) is 0 Å². The SMILES string of the molecule is [O]=[Bk][O][Bk]=[O]. The molecule has 0 aliphatic carbocycles.